The lowest BCUT2D eigenvalue weighted by atomic mass is 10.1. The highest BCUT2D eigenvalue weighted by molar-refractivity contribution is 4.78. The lowest BCUT2D eigenvalue weighted by Crippen LogP contribution is -2.47. The minimum atomic E-state index is -0.0917. The quantitative estimate of drug-likeness (QED) is 0.629. The Balaban J connectivity index is 2.35. The molecule has 0 radical (unpaired) electrons. The Morgan fingerprint density at radius 1 is 1.33 bits per heavy atom. The summed E-state index contributed by atoms with van der Waals surface area (Å²) in [5.74, 6) is 0. The predicted octanol–water partition coefficient (Wildman–Crippen LogP) is 0.631. The second-order valence-electron chi connectivity index (χ2n) is 4.42. The Labute approximate surface area is 93.1 Å². The molecular formula is C11H24N2O2. The number of methoxy groups -OCH3 is 2. The zero-order valence-corrected chi connectivity index (χ0v) is 10.4. The first-order valence-corrected chi connectivity index (χ1v) is 5.61. The molecule has 0 aliphatic carbocycles. The highest BCUT2D eigenvalue weighted by Gasteiger charge is 2.23. The summed E-state index contributed by atoms with van der Waals surface area (Å²) in [5, 5.41) is 0. The van der Waals surface area contributed by atoms with Crippen molar-refractivity contribution in [1.82, 2.24) is 9.80 Å². The Morgan fingerprint density at radius 3 is 2.53 bits per heavy atom. The molecule has 0 aromatic heterocycles. The van der Waals surface area contributed by atoms with Crippen LogP contribution in [-0.2, 0) is 9.47 Å². The molecule has 15 heavy (non-hydrogen) atoms. The highest BCUT2D eigenvalue weighted by atomic mass is 16.7. The van der Waals surface area contributed by atoms with Gasteiger partial charge in [0.25, 0.3) is 0 Å². The molecule has 0 aromatic carbocycles. The Morgan fingerprint density at radius 2 is 2.00 bits per heavy atom. The summed E-state index contributed by atoms with van der Waals surface area (Å²) in [6.45, 7) is 3.15. The second kappa shape index (κ2) is 6.43. The third-order valence-corrected chi connectivity index (χ3v) is 3.14. The maximum atomic E-state index is 5.22. The normalized spacial score (nSPS) is 24.0. The second-order valence-corrected chi connectivity index (χ2v) is 4.42. The van der Waals surface area contributed by atoms with Gasteiger partial charge in [0, 0.05) is 33.4 Å². The van der Waals surface area contributed by atoms with Gasteiger partial charge in [0.2, 0.25) is 0 Å². The SMILES string of the molecule is COC(CN1CCCC(N(C)C)C1)OC. The van der Waals surface area contributed by atoms with E-state index in [1.807, 2.05) is 0 Å². The molecule has 90 valence electrons. The molecule has 1 heterocycles. The van der Waals surface area contributed by atoms with E-state index in [1.54, 1.807) is 14.2 Å². The predicted molar refractivity (Wildman–Crippen MR) is 61.0 cm³/mol. The maximum Gasteiger partial charge on any atom is 0.169 e. The van der Waals surface area contributed by atoms with E-state index in [0.29, 0.717) is 6.04 Å². The zero-order chi connectivity index (χ0) is 11.3. The largest absolute Gasteiger partial charge is 0.355 e. The summed E-state index contributed by atoms with van der Waals surface area (Å²) in [5.41, 5.74) is 0. The van der Waals surface area contributed by atoms with Crippen LogP contribution in [0.1, 0.15) is 12.8 Å². The summed E-state index contributed by atoms with van der Waals surface area (Å²) in [6.07, 6.45) is 2.47. The number of likely N-dealkylation sites (N-methyl/N-ethyl adjacent to an activating group) is 1. The van der Waals surface area contributed by atoms with Crippen LogP contribution in [0.2, 0.25) is 0 Å². The summed E-state index contributed by atoms with van der Waals surface area (Å²) < 4.78 is 10.4. The van der Waals surface area contributed by atoms with Crippen molar-refractivity contribution >= 4 is 0 Å². The van der Waals surface area contributed by atoms with Crippen molar-refractivity contribution in [1.29, 1.82) is 0 Å². The zero-order valence-electron chi connectivity index (χ0n) is 10.4. The van der Waals surface area contributed by atoms with Crippen LogP contribution < -0.4 is 0 Å². The standard InChI is InChI=1S/C11H24N2O2/c1-12(2)10-6-5-7-13(8-10)9-11(14-3)15-4/h10-11H,5-9H2,1-4H3. The Bertz CT molecular complexity index is 170. The molecule has 4 heteroatoms. The van der Waals surface area contributed by atoms with Crippen LogP contribution >= 0.6 is 0 Å². The molecule has 0 N–H and O–H groups in total. The van der Waals surface area contributed by atoms with E-state index < -0.39 is 0 Å². The van der Waals surface area contributed by atoms with Crippen molar-refractivity contribution in [2.24, 2.45) is 0 Å². The van der Waals surface area contributed by atoms with Crippen LogP contribution in [0.5, 0.6) is 0 Å². The molecule has 1 saturated heterocycles. The van der Waals surface area contributed by atoms with Gasteiger partial charge in [-0.1, -0.05) is 0 Å². The summed E-state index contributed by atoms with van der Waals surface area (Å²) in [6, 6.07) is 0.674. The van der Waals surface area contributed by atoms with Crippen LogP contribution in [-0.4, -0.2) is 70.1 Å². The van der Waals surface area contributed by atoms with E-state index in [0.717, 1.165) is 19.6 Å². The van der Waals surface area contributed by atoms with Crippen molar-refractivity contribution in [3.8, 4) is 0 Å². The average Bonchev–Trinajstić information content (AvgIpc) is 2.26. The fourth-order valence-electron chi connectivity index (χ4n) is 2.07. The molecule has 1 unspecified atom stereocenters. The van der Waals surface area contributed by atoms with Crippen LogP contribution in [0.15, 0.2) is 0 Å². The van der Waals surface area contributed by atoms with Gasteiger partial charge in [0.15, 0.2) is 6.29 Å². The van der Waals surface area contributed by atoms with Crippen molar-refractivity contribution in [2.75, 3.05) is 47.9 Å². The molecule has 1 atom stereocenters. The third kappa shape index (κ3) is 4.07. The van der Waals surface area contributed by atoms with Crippen LogP contribution in [0, 0.1) is 0 Å². The van der Waals surface area contributed by atoms with Gasteiger partial charge < -0.3 is 14.4 Å². The van der Waals surface area contributed by atoms with Gasteiger partial charge >= 0.3 is 0 Å². The van der Waals surface area contributed by atoms with Gasteiger partial charge in [0.1, 0.15) is 0 Å². The number of hydrogen-bond acceptors (Lipinski definition) is 4. The lowest BCUT2D eigenvalue weighted by molar-refractivity contribution is -0.119. The van der Waals surface area contributed by atoms with Gasteiger partial charge in [0.05, 0.1) is 0 Å². The van der Waals surface area contributed by atoms with Gasteiger partial charge in [-0.15, -0.1) is 0 Å². The average molecular weight is 216 g/mol. The first-order chi connectivity index (χ1) is 7.17. The molecule has 0 spiro atoms. The van der Waals surface area contributed by atoms with Gasteiger partial charge in [-0.25, -0.2) is 0 Å². The molecule has 1 aliphatic rings. The van der Waals surface area contributed by atoms with E-state index in [1.165, 1.54) is 12.8 Å². The summed E-state index contributed by atoms with van der Waals surface area (Å²) >= 11 is 0. The molecular weight excluding hydrogens is 192 g/mol. The molecule has 0 saturated carbocycles. The number of piperidine rings is 1. The lowest BCUT2D eigenvalue weighted by Gasteiger charge is -2.37. The van der Waals surface area contributed by atoms with E-state index in [2.05, 4.69) is 23.9 Å². The topological polar surface area (TPSA) is 24.9 Å². The first kappa shape index (κ1) is 12.9. The molecule has 0 aromatic rings. The van der Waals surface area contributed by atoms with Crippen LogP contribution in [0.4, 0.5) is 0 Å². The molecule has 1 aliphatic heterocycles. The fourth-order valence-corrected chi connectivity index (χ4v) is 2.07. The van der Waals surface area contributed by atoms with E-state index >= 15 is 0 Å². The van der Waals surface area contributed by atoms with Crippen LogP contribution in [0.25, 0.3) is 0 Å². The number of ether oxygens (including phenoxy) is 2. The molecule has 1 rings (SSSR count). The van der Waals surface area contributed by atoms with Gasteiger partial charge in [-0.3, -0.25) is 4.90 Å². The van der Waals surface area contributed by atoms with E-state index in [4.69, 9.17) is 9.47 Å². The monoisotopic (exact) mass is 216 g/mol. The number of hydrogen-bond donors (Lipinski definition) is 0. The smallest absolute Gasteiger partial charge is 0.169 e. The summed E-state index contributed by atoms with van der Waals surface area (Å²) in [4.78, 5) is 4.73. The van der Waals surface area contributed by atoms with Crippen molar-refractivity contribution in [3.05, 3.63) is 0 Å². The van der Waals surface area contributed by atoms with E-state index in [-0.39, 0.29) is 6.29 Å². The molecule has 0 bridgehead atoms. The van der Waals surface area contributed by atoms with Crippen molar-refractivity contribution < 1.29 is 9.47 Å². The highest BCUT2D eigenvalue weighted by Crippen LogP contribution is 2.14. The number of likely N-dealkylation sites (tertiary alicyclic amines) is 1. The molecule has 0 amide bonds. The van der Waals surface area contributed by atoms with Crippen molar-refractivity contribution in [2.45, 2.75) is 25.2 Å². The summed E-state index contributed by atoms with van der Waals surface area (Å²) in [7, 11) is 7.69. The number of nitrogens with zero attached hydrogens (tertiary/aromatic N) is 2. The molecule has 4 nitrogen and oxygen atoms in total. The van der Waals surface area contributed by atoms with Crippen LogP contribution in [0.3, 0.4) is 0 Å². The molecule has 1 fully saturated rings. The minimum Gasteiger partial charge on any atom is -0.355 e. The van der Waals surface area contributed by atoms with E-state index in [9.17, 15) is 0 Å². The Hall–Kier alpha value is -0.160. The van der Waals surface area contributed by atoms with Crippen molar-refractivity contribution in [3.63, 3.8) is 0 Å². The maximum absolute atomic E-state index is 5.22. The minimum absolute atomic E-state index is 0.0917. The third-order valence-electron chi connectivity index (χ3n) is 3.14. The number of rotatable bonds is 5. The fraction of sp³-hybridized carbons (Fsp3) is 1.00. The van der Waals surface area contributed by atoms with Gasteiger partial charge in [-0.2, -0.15) is 0 Å². The first-order valence-electron chi connectivity index (χ1n) is 5.61. The Kier molecular flexibility index (Phi) is 5.53. The van der Waals surface area contributed by atoms with Gasteiger partial charge in [-0.05, 0) is 33.5 Å².